The molecule has 0 spiro atoms. The zero-order chi connectivity index (χ0) is 12.5. The lowest BCUT2D eigenvalue weighted by molar-refractivity contribution is 0.523. The molecule has 1 N–H and O–H groups in total. The fourth-order valence-electron chi connectivity index (χ4n) is 1.64. The summed E-state index contributed by atoms with van der Waals surface area (Å²) in [5.74, 6) is 0.803. The van der Waals surface area contributed by atoms with Gasteiger partial charge in [-0.25, -0.2) is 4.39 Å². The molecule has 1 aromatic rings. The van der Waals surface area contributed by atoms with E-state index in [1.54, 1.807) is 24.8 Å². The van der Waals surface area contributed by atoms with Gasteiger partial charge in [0, 0.05) is 17.0 Å². The van der Waals surface area contributed by atoms with Crippen molar-refractivity contribution in [2.45, 2.75) is 32.7 Å². The number of thioether (sulfide) groups is 1. The average Bonchev–Trinajstić information content (AvgIpc) is 2.68. The Kier molecular flexibility index (Phi) is 3.43. The van der Waals surface area contributed by atoms with Crippen LogP contribution >= 0.6 is 11.8 Å². The van der Waals surface area contributed by atoms with Crippen LogP contribution < -0.4 is 5.32 Å². The van der Waals surface area contributed by atoms with E-state index in [9.17, 15) is 4.39 Å². The van der Waals surface area contributed by atoms with Crippen molar-refractivity contribution in [2.24, 2.45) is 4.99 Å². The first kappa shape index (κ1) is 12.4. The predicted octanol–water partition coefficient (Wildman–Crippen LogP) is 3.82. The number of hydrogen-bond acceptors (Lipinski definition) is 3. The molecule has 0 fully saturated rings. The van der Waals surface area contributed by atoms with Crippen LogP contribution in [0.25, 0.3) is 0 Å². The van der Waals surface area contributed by atoms with Gasteiger partial charge in [0.2, 0.25) is 0 Å². The quantitative estimate of drug-likeness (QED) is 0.865. The summed E-state index contributed by atoms with van der Waals surface area (Å²) in [7, 11) is 0. The minimum atomic E-state index is -0.183. The molecule has 1 heterocycles. The molecule has 1 aliphatic heterocycles. The van der Waals surface area contributed by atoms with E-state index >= 15 is 0 Å². The van der Waals surface area contributed by atoms with Crippen LogP contribution in [-0.4, -0.2) is 16.5 Å². The third kappa shape index (κ3) is 2.63. The minimum Gasteiger partial charge on any atom is -0.335 e. The van der Waals surface area contributed by atoms with E-state index in [0.29, 0.717) is 5.56 Å². The number of anilines is 1. The number of benzene rings is 1. The SMILES string of the molecule is CCC1(C)CSC(Nc2cccc(F)c2C)=N1. The zero-order valence-electron chi connectivity index (χ0n) is 10.4. The Morgan fingerprint density at radius 2 is 2.29 bits per heavy atom. The number of nitrogens with one attached hydrogen (secondary N) is 1. The molecule has 0 saturated carbocycles. The van der Waals surface area contributed by atoms with Crippen molar-refractivity contribution in [1.29, 1.82) is 0 Å². The Morgan fingerprint density at radius 1 is 1.53 bits per heavy atom. The van der Waals surface area contributed by atoms with E-state index in [4.69, 9.17) is 0 Å². The molecular weight excluding hydrogens is 235 g/mol. The lowest BCUT2D eigenvalue weighted by atomic mass is 10.0. The third-order valence-electron chi connectivity index (χ3n) is 3.16. The molecule has 0 amide bonds. The average molecular weight is 252 g/mol. The van der Waals surface area contributed by atoms with E-state index < -0.39 is 0 Å². The maximum atomic E-state index is 13.4. The van der Waals surface area contributed by atoms with Gasteiger partial charge in [-0.05, 0) is 32.4 Å². The lowest BCUT2D eigenvalue weighted by Crippen LogP contribution is -2.20. The van der Waals surface area contributed by atoms with Crippen molar-refractivity contribution < 1.29 is 4.39 Å². The van der Waals surface area contributed by atoms with E-state index in [0.717, 1.165) is 23.0 Å². The molecule has 0 saturated heterocycles. The Balaban J connectivity index is 2.18. The number of aliphatic imine (C=N–C) groups is 1. The molecule has 1 aliphatic rings. The topological polar surface area (TPSA) is 24.4 Å². The van der Waals surface area contributed by atoms with Gasteiger partial charge in [0.25, 0.3) is 0 Å². The number of rotatable bonds is 2. The van der Waals surface area contributed by atoms with Gasteiger partial charge in [-0.2, -0.15) is 0 Å². The Hall–Kier alpha value is -1.03. The van der Waals surface area contributed by atoms with Gasteiger partial charge in [0.05, 0.1) is 5.54 Å². The van der Waals surface area contributed by atoms with E-state index in [2.05, 4.69) is 24.2 Å². The smallest absolute Gasteiger partial charge is 0.161 e. The number of nitrogens with zero attached hydrogens (tertiary/aromatic N) is 1. The Bertz CT molecular complexity index is 459. The Morgan fingerprint density at radius 3 is 2.94 bits per heavy atom. The second-order valence-electron chi connectivity index (χ2n) is 4.59. The molecule has 0 aliphatic carbocycles. The monoisotopic (exact) mass is 252 g/mol. The van der Waals surface area contributed by atoms with Gasteiger partial charge in [0.15, 0.2) is 5.17 Å². The van der Waals surface area contributed by atoms with Crippen LogP contribution in [0.3, 0.4) is 0 Å². The Labute approximate surface area is 106 Å². The van der Waals surface area contributed by atoms with Crippen molar-refractivity contribution in [3.8, 4) is 0 Å². The molecule has 0 radical (unpaired) electrons. The summed E-state index contributed by atoms with van der Waals surface area (Å²) in [5.41, 5.74) is 1.46. The molecule has 1 aromatic carbocycles. The van der Waals surface area contributed by atoms with Gasteiger partial charge in [0.1, 0.15) is 5.82 Å². The zero-order valence-corrected chi connectivity index (χ0v) is 11.2. The number of halogens is 1. The molecule has 17 heavy (non-hydrogen) atoms. The molecular formula is C13H17FN2S. The van der Waals surface area contributed by atoms with E-state index in [1.807, 2.05) is 6.07 Å². The highest BCUT2D eigenvalue weighted by atomic mass is 32.2. The van der Waals surface area contributed by atoms with Crippen LogP contribution in [0.15, 0.2) is 23.2 Å². The summed E-state index contributed by atoms with van der Waals surface area (Å²) in [6.45, 7) is 6.06. The summed E-state index contributed by atoms with van der Waals surface area (Å²) in [5, 5.41) is 4.10. The maximum Gasteiger partial charge on any atom is 0.161 e. The van der Waals surface area contributed by atoms with Gasteiger partial charge in [-0.1, -0.05) is 24.8 Å². The second-order valence-corrected chi connectivity index (χ2v) is 5.56. The largest absolute Gasteiger partial charge is 0.335 e. The number of hydrogen-bond donors (Lipinski definition) is 1. The van der Waals surface area contributed by atoms with Crippen molar-refractivity contribution in [3.05, 3.63) is 29.6 Å². The summed E-state index contributed by atoms with van der Waals surface area (Å²) >= 11 is 1.70. The van der Waals surface area contributed by atoms with Gasteiger partial charge in [-0.15, -0.1) is 0 Å². The fraction of sp³-hybridized carbons (Fsp3) is 0.462. The standard InChI is InChI=1S/C13H17FN2S/c1-4-13(3)8-17-12(16-13)15-11-7-5-6-10(14)9(11)2/h5-7H,4,8H2,1-3H3,(H,15,16). The summed E-state index contributed by atoms with van der Waals surface area (Å²) < 4.78 is 13.4. The van der Waals surface area contributed by atoms with Crippen LogP contribution in [0.4, 0.5) is 10.1 Å². The molecule has 2 nitrogen and oxygen atoms in total. The molecule has 0 aromatic heterocycles. The minimum absolute atomic E-state index is 0.0221. The first-order valence-electron chi connectivity index (χ1n) is 5.79. The molecule has 92 valence electrons. The third-order valence-corrected chi connectivity index (χ3v) is 4.40. The first-order valence-corrected chi connectivity index (χ1v) is 6.77. The summed E-state index contributed by atoms with van der Waals surface area (Å²) in [6, 6.07) is 5.06. The van der Waals surface area contributed by atoms with Crippen molar-refractivity contribution in [2.75, 3.05) is 11.1 Å². The van der Waals surface area contributed by atoms with Crippen LogP contribution in [0.1, 0.15) is 25.8 Å². The molecule has 0 bridgehead atoms. The van der Waals surface area contributed by atoms with Crippen molar-refractivity contribution in [1.82, 2.24) is 0 Å². The van der Waals surface area contributed by atoms with Gasteiger partial charge in [-0.3, -0.25) is 4.99 Å². The van der Waals surface area contributed by atoms with Gasteiger partial charge >= 0.3 is 0 Å². The molecule has 1 unspecified atom stereocenters. The van der Waals surface area contributed by atoms with Crippen LogP contribution in [-0.2, 0) is 0 Å². The molecule has 2 rings (SSSR count). The predicted molar refractivity (Wildman–Crippen MR) is 73.3 cm³/mol. The lowest BCUT2D eigenvalue weighted by Gasteiger charge is -2.15. The van der Waals surface area contributed by atoms with E-state index in [1.165, 1.54) is 6.07 Å². The second kappa shape index (κ2) is 4.69. The highest BCUT2D eigenvalue weighted by Crippen LogP contribution is 2.31. The van der Waals surface area contributed by atoms with Crippen molar-refractivity contribution in [3.63, 3.8) is 0 Å². The van der Waals surface area contributed by atoms with Crippen LogP contribution in [0.2, 0.25) is 0 Å². The summed E-state index contributed by atoms with van der Waals surface area (Å²) in [6.07, 6.45) is 1.02. The maximum absolute atomic E-state index is 13.4. The molecule has 4 heteroatoms. The van der Waals surface area contributed by atoms with Crippen LogP contribution in [0, 0.1) is 12.7 Å². The fourth-order valence-corrected chi connectivity index (χ4v) is 2.82. The van der Waals surface area contributed by atoms with E-state index in [-0.39, 0.29) is 11.4 Å². The summed E-state index contributed by atoms with van der Waals surface area (Å²) in [4.78, 5) is 4.65. The highest BCUT2D eigenvalue weighted by molar-refractivity contribution is 8.14. The normalized spacial score (nSPS) is 23.6. The van der Waals surface area contributed by atoms with Crippen LogP contribution in [0.5, 0.6) is 0 Å². The highest BCUT2D eigenvalue weighted by Gasteiger charge is 2.28. The van der Waals surface area contributed by atoms with Crippen molar-refractivity contribution >= 4 is 22.6 Å². The first-order chi connectivity index (χ1) is 8.04. The molecule has 1 atom stereocenters. The van der Waals surface area contributed by atoms with Gasteiger partial charge < -0.3 is 5.32 Å². The number of amidine groups is 1.